The molecule has 2 aromatic carbocycles. The normalized spacial score (nSPS) is 11.1. The van der Waals surface area contributed by atoms with Crippen LogP contribution in [0.25, 0.3) is 16.7 Å². The SMILES string of the molecule is CNc1nc(Nc2ccc(-n3cnc(C)c3)c(OC)c2)nc2c1cnn2Cc1ccc(F)cc1. The second-order valence-corrected chi connectivity index (χ2v) is 7.75. The number of nitrogens with zero attached hydrogens (tertiary/aromatic N) is 6. The van der Waals surface area contributed by atoms with Crippen molar-refractivity contribution in [2.75, 3.05) is 24.8 Å². The lowest BCUT2D eigenvalue weighted by Gasteiger charge is -2.13. The Labute approximate surface area is 195 Å². The number of methoxy groups -OCH3 is 1. The number of imidazole rings is 1. The van der Waals surface area contributed by atoms with Crippen LogP contribution in [0, 0.1) is 12.7 Å². The molecule has 0 bridgehead atoms. The molecule has 0 saturated heterocycles. The van der Waals surface area contributed by atoms with Crippen LogP contribution in [-0.2, 0) is 6.54 Å². The molecule has 3 aromatic heterocycles. The number of nitrogens with one attached hydrogen (secondary N) is 2. The van der Waals surface area contributed by atoms with Gasteiger partial charge in [0.1, 0.15) is 17.4 Å². The molecule has 5 rings (SSSR count). The number of aryl methyl sites for hydroxylation is 1. The highest BCUT2D eigenvalue weighted by Gasteiger charge is 2.14. The number of anilines is 3. The third-order valence-corrected chi connectivity index (χ3v) is 5.40. The monoisotopic (exact) mass is 458 g/mol. The van der Waals surface area contributed by atoms with Gasteiger partial charge in [0.05, 0.1) is 42.9 Å². The summed E-state index contributed by atoms with van der Waals surface area (Å²) in [6, 6.07) is 12.1. The van der Waals surface area contributed by atoms with Crippen LogP contribution in [0.3, 0.4) is 0 Å². The second kappa shape index (κ2) is 8.81. The van der Waals surface area contributed by atoms with Crippen molar-refractivity contribution in [2.24, 2.45) is 0 Å². The lowest BCUT2D eigenvalue weighted by atomic mass is 10.2. The molecule has 2 N–H and O–H groups in total. The molecule has 0 amide bonds. The summed E-state index contributed by atoms with van der Waals surface area (Å²) in [5.74, 6) is 1.46. The first kappa shape index (κ1) is 21.4. The van der Waals surface area contributed by atoms with E-state index >= 15 is 0 Å². The van der Waals surface area contributed by atoms with Gasteiger partial charge in [0.15, 0.2) is 5.65 Å². The number of aromatic nitrogens is 6. The van der Waals surface area contributed by atoms with Crippen molar-refractivity contribution in [1.29, 1.82) is 0 Å². The fourth-order valence-corrected chi connectivity index (χ4v) is 3.73. The van der Waals surface area contributed by atoms with E-state index in [0.29, 0.717) is 29.7 Å². The third-order valence-electron chi connectivity index (χ3n) is 5.40. The van der Waals surface area contributed by atoms with Gasteiger partial charge in [0.25, 0.3) is 0 Å². The lowest BCUT2D eigenvalue weighted by Crippen LogP contribution is -2.06. The molecule has 0 saturated carbocycles. The zero-order chi connectivity index (χ0) is 23.7. The van der Waals surface area contributed by atoms with Crippen molar-refractivity contribution < 1.29 is 9.13 Å². The van der Waals surface area contributed by atoms with Crippen LogP contribution in [0.4, 0.5) is 21.8 Å². The molecule has 0 radical (unpaired) electrons. The summed E-state index contributed by atoms with van der Waals surface area (Å²) in [5.41, 5.74) is 4.13. The maximum absolute atomic E-state index is 13.3. The molecule has 0 aliphatic carbocycles. The molecule has 0 aliphatic rings. The average molecular weight is 459 g/mol. The third kappa shape index (κ3) is 4.13. The predicted molar refractivity (Wildman–Crippen MR) is 129 cm³/mol. The topological polar surface area (TPSA) is 94.7 Å². The highest BCUT2D eigenvalue weighted by Crippen LogP contribution is 2.29. The first-order valence-corrected chi connectivity index (χ1v) is 10.7. The Bertz CT molecular complexity index is 1460. The van der Waals surface area contributed by atoms with Crippen molar-refractivity contribution in [3.63, 3.8) is 0 Å². The number of fused-ring (bicyclic) bond motifs is 1. The van der Waals surface area contributed by atoms with Gasteiger partial charge in [-0.2, -0.15) is 15.1 Å². The number of ether oxygens (including phenoxy) is 1. The van der Waals surface area contributed by atoms with E-state index < -0.39 is 0 Å². The Morgan fingerprint density at radius 2 is 1.91 bits per heavy atom. The predicted octanol–water partition coefficient (Wildman–Crippen LogP) is 4.30. The quantitative estimate of drug-likeness (QED) is 0.375. The van der Waals surface area contributed by atoms with E-state index in [1.807, 2.05) is 35.9 Å². The van der Waals surface area contributed by atoms with Gasteiger partial charge in [0, 0.05) is 25.0 Å². The van der Waals surface area contributed by atoms with Crippen molar-refractivity contribution >= 4 is 28.5 Å². The van der Waals surface area contributed by atoms with E-state index in [2.05, 4.69) is 25.7 Å². The smallest absolute Gasteiger partial charge is 0.231 e. The van der Waals surface area contributed by atoms with Crippen LogP contribution in [0.15, 0.2) is 61.2 Å². The van der Waals surface area contributed by atoms with Gasteiger partial charge in [-0.25, -0.2) is 14.1 Å². The molecule has 10 heteroatoms. The van der Waals surface area contributed by atoms with Crippen molar-refractivity contribution in [3.05, 3.63) is 78.3 Å². The molecule has 0 unspecified atom stereocenters. The van der Waals surface area contributed by atoms with E-state index in [1.165, 1.54) is 12.1 Å². The molecule has 172 valence electrons. The van der Waals surface area contributed by atoms with E-state index in [4.69, 9.17) is 9.72 Å². The second-order valence-electron chi connectivity index (χ2n) is 7.75. The molecule has 0 fully saturated rings. The summed E-state index contributed by atoms with van der Waals surface area (Å²) in [7, 11) is 3.43. The summed E-state index contributed by atoms with van der Waals surface area (Å²) in [6.07, 6.45) is 5.40. The molecular weight excluding hydrogens is 435 g/mol. The van der Waals surface area contributed by atoms with Crippen LogP contribution in [0.2, 0.25) is 0 Å². The Kier molecular flexibility index (Phi) is 5.54. The maximum Gasteiger partial charge on any atom is 0.231 e. The molecule has 0 atom stereocenters. The van der Waals surface area contributed by atoms with Crippen molar-refractivity contribution in [2.45, 2.75) is 13.5 Å². The molecule has 0 spiro atoms. The van der Waals surface area contributed by atoms with E-state index in [9.17, 15) is 4.39 Å². The Morgan fingerprint density at radius 3 is 2.62 bits per heavy atom. The summed E-state index contributed by atoms with van der Waals surface area (Å²) in [6.45, 7) is 2.39. The van der Waals surface area contributed by atoms with Crippen molar-refractivity contribution in [1.82, 2.24) is 29.3 Å². The first-order valence-electron chi connectivity index (χ1n) is 10.7. The molecule has 9 nitrogen and oxygen atoms in total. The average Bonchev–Trinajstić information content (AvgIpc) is 3.46. The Hall–Kier alpha value is -4.47. The summed E-state index contributed by atoms with van der Waals surface area (Å²) in [4.78, 5) is 13.6. The minimum atomic E-state index is -0.273. The van der Waals surface area contributed by atoms with E-state index in [0.717, 1.165) is 28.0 Å². The maximum atomic E-state index is 13.3. The summed E-state index contributed by atoms with van der Waals surface area (Å²) < 4.78 is 22.6. The van der Waals surface area contributed by atoms with Crippen LogP contribution < -0.4 is 15.4 Å². The highest BCUT2D eigenvalue weighted by atomic mass is 19.1. The van der Waals surface area contributed by atoms with Crippen LogP contribution in [0.1, 0.15) is 11.3 Å². The molecule has 5 aromatic rings. The number of hydrogen-bond donors (Lipinski definition) is 2. The van der Waals surface area contributed by atoms with Gasteiger partial charge in [-0.05, 0) is 36.8 Å². The minimum Gasteiger partial charge on any atom is -0.494 e. The van der Waals surface area contributed by atoms with Crippen LogP contribution >= 0.6 is 0 Å². The molecule has 34 heavy (non-hydrogen) atoms. The van der Waals surface area contributed by atoms with Gasteiger partial charge in [0.2, 0.25) is 5.95 Å². The number of hydrogen-bond acceptors (Lipinski definition) is 7. The van der Waals surface area contributed by atoms with Crippen molar-refractivity contribution in [3.8, 4) is 11.4 Å². The Balaban J connectivity index is 1.48. The molecule has 3 heterocycles. The summed E-state index contributed by atoms with van der Waals surface area (Å²) in [5, 5.41) is 11.6. The standard InChI is InChI=1S/C24H23FN8O/c1-15-12-32(14-27-15)20-9-8-18(10-21(20)34-3)29-24-30-22(26-2)19-11-28-33(23(19)31-24)13-16-4-6-17(25)7-5-16/h4-12,14H,13H2,1-3H3,(H2,26,29,30,31). The Morgan fingerprint density at radius 1 is 1.09 bits per heavy atom. The fourth-order valence-electron chi connectivity index (χ4n) is 3.73. The van der Waals surface area contributed by atoms with Crippen LogP contribution in [0.5, 0.6) is 5.75 Å². The molecule has 0 aliphatic heterocycles. The zero-order valence-corrected chi connectivity index (χ0v) is 19.0. The van der Waals surface area contributed by atoms with Gasteiger partial charge >= 0.3 is 0 Å². The number of benzene rings is 2. The van der Waals surface area contributed by atoms with E-state index in [-0.39, 0.29) is 5.82 Å². The number of rotatable bonds is 7. The minimum absolute atomic E-state index is 0.273. The van der Waals surface area contributed by atoms with E-state index in [1.54, 1.807) is 43.5 Å². The zero-order valence-electron chi connectivity index (χ0n) is 19.0. The summed E-state index contributed by atoms with van der Waals surface area (Å²) >= 11 is 0. The van der Waals surface area contributed by atoms with Gasteiger partial charge in [-0.15, -0.1) is 0 Å². The van der Waals surface area contributed by atoms with Gasteiger partial charge < -0.3 is 19.9 Å². The van der Waals surface area contributed by atoms with Gasteiger partial charge in [-0.1, -0.05) is 12.1 Å². The number of halogens is 1. The largest absolute Gasteiger partial charge is 0.494 e. The molecular formula is C24H23FN8O. The van der Waals surface area contributed by atoms with Crippen LogP contribution in [-0.4, -0.2) is 43.5 Å². The first-order chi connectivity index (χ1) is 16.5. The fraction of sp³-hybridized carbons (Fsp3) is 0.167. The van der Waals surface area contributed by atoms with Gasteiger partial charge in [-0.3, -0.25) is 0 Å². The lowest BCUT2D eigenvalue weighted by molar-refractivity contribution is 0.413. The highest BCUT2D eigenvalue weighted by molar-refractivity contribution is 5.87.